The van der Waals surface area contributed by atoms with Crippen molar-refractivity contribution in [2.24, 2.45) is 0 Å². The summed E-state index contributed by atoms with van der Waals surface area (Å²) < 4.78 is 1.01. The van der Waals surface area contributed by atoms with Crippen LogP contribution in [0.25, 0.3) is 0 Å². The Balaban J connectivity index is 2.89. The van der Waals surface area contributed by atoms with Crippen LogP contribution in [0.15, 0.2) is 22.7 Å². The van der Waals surface area contributed by atoms with Gasteiger partial charge in [0, 0.05) is 17.1 Å². The number of hydrogen-bond acceptors (Lipinski definition) is 1. The second-order valence-corrected chi connectivity index (χ2v) is 3.50. The minimum Gasteiger partial charge on any atom is -0.326 e. The molecule has 3 heteroatoms. The summed E-state index contributed by atoms with van der Waals surface area (Å²) in [6.07, 6.45) is 0. The summed E-state index contributed by atoms with van der Waals surface area (Å²) >= 11 is 3.38. The number of halogens is 1. The molecule has 0 saturated heterocycles. The lowest BCUT2D eigenvalue weighted by Gasteiger charge is -2.03. The van der Waals surface area contributed by atoms with E-state index < -0.39 is 0 Å². The minimum atomic E-state index is -0.0502. The molecule has 0 spiro atoms. The Hall–Kier alpha value is -0.830. The number of rotatable bonds is 1. The summed E-state index contributed by atoms with van der Waals surface area (Å²) in [6, 6.07) is 5.72. The van der Waals surface area contributed by atoms with Crippen molar-refractivity contribution in [1.82, 2.24) is 0 Å². The molecule has 1 aromatic rings. The van der Waals surface area contributed by atoms with E-state index in [1.165, 1.54) is 6.92 Å². The molecule has 0 aliphatic heterocycles. The predicted molar refractivity (Wildman–Crippen MR) is 53.2 cm³/mol. The van der Waals surface area contributed by atoms with E-state index in [1.807, 2.05) is 25.1 Å². The predicted octanol–water partition coefficient (Wildman–Crippen LogP) is 2.72. The Kier molecular flexibility index (Phi) is 2.87. The van der Waals surface area contributed by atoms with Crippen LogP contribution in [0.5, 0.6) is 0 Å². The van der Waals surface area contributed by atoms with E-state index in [1.54, 1.807) is 0 Å². The van der Waals surface area contributed by atoms with E-state index >= 15 is 0 Å². The van der Waals surface area contributed by atoms with Gasteiger partial charge in [-0.1, -0.05) is 22.0 Å². The lowest BCUT2D eigenvalue weighted by Crippen LogP contribution is -2.05. The van der Waals surface area contributed by atoms with Crippen molar-refractivity contribution in [2.45, 2.75) is 13.8 Å². The number of benzene rings is 1. The number of aryl methyl sites for hydroxylation is 1. The third kappa shape index (κ3) is 2.34. The van der Waals surface area contributed by atoms with Gasteiger partial charge in [-0.25, -0.2) is 0 Å². The number of nitrogens with one attached hydrogen (secondary N) is 1. The van der Waals surface area contributed by atoms with Crippen molar-refractivity contribution in [2.75, 3.05) is 5.32 Å². The first-order valence-corrected chi connectivity index (χ1v) is 4.42. The maximum atomic E-state index is 10.7. The Morgan fingerprint density at radius 1 is 1.50 bits per heavy atom. The van der Waals surface area contributed by atoms with Crippen molar-refractivity contribution in [3.8, 4) is 0 Å². The van der Waals surface area contributed by atoms with Crippen LogP contribution >= 0.6 is 15.9 Å². The molecular weight excluding hydrogens is 218 g/mol. The molecule has 2 nitrogen and oxygen atoms in total. The van der Waals surface area contributed by atoms with E-state index in [-0.39, 0.29) is 5.91 Å². The average molecular weight is 228 g/mol. The molecule has 12 heavy (non-hydrogen) atoms. The first kappa shape index (κ1) is 9.26. The van der Waals surface area contributed by atoms with Gasteiger partial charge in [0.15, 0.2) is 0 Å². The van der Waals surface area contributed by atoms with Crippen molar-refractivity contribution in [3.63, 3.8) is 0 Å². The second-order valence-electron chi connectivity index (χ2n) is 2.65. The maximum Gasteiger partial charge on any atom is 0.221 e. The number of hydrogen-bond donors (Lipinski definition) is 1. The van der Waals surface area contributed by atoms with E-state index in [0.29, 0.717) is 0 Å². The highest BCUT2D eigenvalue weighted by molar-refractivity contribution is 9.10. The van der Waals surface area contributed by atoms with E-state index in [2.05, 4.69) is 21.2 Å². The zero-order valence-corrected chi connectivity index (χ0v) is 8.60. The largest absolute Gasteiger partial charge is 0.326 e. The highest BCUT2D eigenvalue weighted by Crippen LogP contribution is 2.20. The number of carbonyl (C=O) groups is 1. The van der Waals surface area contributed by atoms with Crippen molar-refractivity contribution in [3.05, 3.63) is 28.2 Å². The first-order valence-electron chi connectivity index (χ1n) is 3.63. The highest BCUT2D eigenvalue weighted by Gasteiger charge is 1.97. The smallest absolute Gasteiger partial charge is 0.221 e. The van der Waals surface area contributed by atoms with E-state index in [0.717, 1.165) is 15.7 Å². The van der Waals surface area contributed by atoms with Gasteiger partial charge in [-0.2, -0.15) is 0 Å². The van der Waals surface area contributed by atoms with Gasteiger partial charge in [0.25, 0.3) is 0 Å². The Bertz CT molecular complexity index is 309. The molecule has 0 aliphatic carbocycles. The number of carbonyl (C=O) groups excluding carboxylic acids is 1. The van der Waals surface area contributed by atoms with Crippen LogP contribution in [-0.4, -0.2) is 5.91 Å². The van der Waals surface area contributed by atoms with Gasteiger partial charge in [0.1, 0.15) is 0 Å². The SMILES string of the molecule is CC(=O)Nc1ccc(C)c(Br)c1. The molecule has 1 N–H and O–H groups in total. The standard InChI is InChI=1S/C9H10BrNO/c1-6-3-4-8(5-9(6)10)11-7(2)12/h3-5H,1-2H3,(H,11,12). The van der Waals surface area contributed by atoms with Crippen molar-refractivity contribution < 1.29 is 4.79 Å². The first-order chi connectivity index (χ1) is 5.59. The lowest BCUT2D eigenvalue weighted by molar-refractivity contribution is -0.114. The molecule has 0 fully saturated rings. The molecule has 0 saturated carbocycles. The summed E-state index contributed by atoms with van der Waals surface area (Å²) in [7, 11) is 0. The molecule has 0 radical (unpaired) electrons. The topological polar surface area (TPSA) is 29.1 Å². The molecular formula is C9H10BrNO. The molecule has 0 unspecified atom stereocenters. The quantitative estimate of drug-likeness (QED) is 0.786. The zero-order valence-electron chi connectivity index (χ0n) is 7.02. The fraction of sp³-hybridized carbons (Fsp3) is 0.222. The lowest BCUT2D eigenvalue weighted by atomic mass is 10.2. The second kappa shape index (κ2) is 3.72. The molecule has 0 aliphatic rings. The minimum absolute atomic E-state index is 0.0502. The van der Waals surface area contributed by atoms with Crippen LogP contribution < -0.4 is 5.32 Å². The van der Waals surface area contributed by atoms with E-state index in [4.69, 9.17) is 0 Å². The molecule has 0 heterocycles. The average Bonchev–Trinajstić information content (AvgIpc) is 1.96. The molecule has 1 amide bonds. The van der Waals surface area contributed by atoms with Crippen LogP contribution in [0.3, 0.4) is 0 Å². The van der Waals surface area contributed by atoms with Crippen molar-refractivity contribution >= 4 is 27.5 Å². The highest BCUT2D eigenvalue weighted by atomic mass is 79.9. The van der Waals surface area contributed by atoms with Gasteiger partial charge in [-0.05, 0) is 24.6 Å². The van der Waals surface area contributed by atoms with Crippen LogP contribution in [-0.2, 0) is 4.79 Å². The van der Waals surface area contributed by atoms with Crippen LogP contribution in [0.4, 0.5) is 5.69 Å². The molecule has 0 bridgehead atoms. The maximum absolute atomic E-state index is 10.7. The summed E-state index contributed by atoms with van der Waals surface area (Å²) in [4.78, 5) is 10.7. The Morgan fingerprint density at radius 3 is 2.67 bits per heavy atom. The Labute approximate surface area is 80.1 Å². The summed E-state index contributed by atoms with van der Waals surface area (Å²) in [5.41, 5.74) is 1.98. The zero-order chi connectivity index (χ0) is 9.14. The van der Waals surface area contributed by atoms with Gasteiger partial charge < -0.3 is 5.32 Å². The fourth-order valence-electron chi connectivity index (χ4n) is 0.874. The molecule has 1 rings (SSSR count). The molecule has 64 valence electrons. The fourth-order valence-corrected chi connectivity index (χ4v) is 1.25. The van der Waals surface area contributed by atoms with Gasteiger partial charge in [0.2, 0.25) is 5.91 Å². The third-order valence-electron chi connectivity index (χ3n) is 1.49. The van der Waals surface area contributed by atoms with Crippen LogP contribution in [0, 0.1) is 6.92 Å². The van der Waals surface area contributed by atoms with Gasteiger partial charge in [0.05, 0.1) is 0 Å². The summed E-state index contributed by atoms with van der Waals surface area (Å²) in [6.45, 7) is 3.50. The van der Waals surface area contributed by atoms with Gasteiger partial charge in [-0.3, -0.25) is 4.79 Å². The summed E-state index contributed by atoms with van der Waals surface area (Å²) in [5.74, 6) is -0.0502. The normalized spacial score (nSPS) is 9.58. The summed E-state index contributed by atoms with van der Waals surface area (Å²) in [5, 5.41) is 2.70. The third-order valence-corrected chi connectivity index (χ3v) is 2.35. The van der Waals surface area contributed by atoms with Crippen molar-refractivity contribution in [1.29, 1.82) is 0 Å². The number of amides is 1. The van der Waals surface area contributed by atoms with Gasteiger partial charge >= 0.3 is 0 Å². The van der Waals surface area contributed by atoms with Crippen LogP contribution in [0.1, 0.15) is 12.5 Å². The molecule has 0 atom stereocenters. The Morgan fingerprint density at radius 2 is 2.17 bits per heavy atom. The van der Waals surface area contributed by atoms with Gasteiger partial charge in [-0.15, -0.1) is 0 Å². The monoisotopic (exact) mass is 227 g/mol. The number of anilines is 1. The molecule has 1 aromatic carbocycles. The molecule has 0 aromatic heterocycles. The van der Waals surface area contributed by atoms with E-state index in [9.17, 15) is 4.79 Å². The van der Waals surface area contributed by atoms with Crippen LogP contribution in [0.2, 0.25) is 0 Å².